The Kier molecular flexibility index (Phi) is 4.91. The van der Waals surface area contributed by atoms with Gasteiger partial charge in [0.15, 0.2) is 0 Å². The molecule has 0 amide bonds. The first-order valence-corrected chi connectivity index (χ1v) is 7.65. The maximum Gasteiger partial charge on any atom is 0.0855 e. The Bertz CT molecular complexity index is 549. The van der Waals surface area contributed by atoms with Gasteiger partial charge >= 0.3 is 0 Å². The monoisotopic (exact) mass is 295 g/mol. The van der Waals surface area contributed by atoms with Gasteiger partial charge in [-0.3, -0.25) is 4.68 Å². The number of rotatable bonds is 5. The third-order valence-corrected chi connectivity index (χ3v) is 4.50. The van der Waals surface area contributed by atoms with Gasteiger partial charge in [0.2, 0.25) is 0 Å². The van der Waals surface area contributed by atoms with E-state index in [9.17, 15) is 0 Å². The van der Waals surface area contributed by atoms with E-state index < -0.39 is 0 Å². The standard InChI is InChI=1S/C14H18ClN3S/c1-3-18-13(14(15)10(2)17-18)9-19-12-6-4-11(8-16)5-7-12/h4-7H,3,8-9,16H2,1-2H3. The molecule has 0 spiro atoms. The van der Waals surface area contributed by atoms with Crippen molar-refractivity contribution in [2.75, 3.05) is 0 Å². The molecule has 2 rings (SSSR count). The van der Waals surface area contributed by atoms with E-state index in [1.54, 1.807) is 11.8 Å². The molecule has 3 nitrogen and oxygen atoms in total. The molecule has 1 aromatic carbocycles. The topological polar surface area (TPSA) is 43.8 Å². The maximum atomic E-state index is 6.29. The van der Waals surface area contributed by atoms with E-state index >= 15 is 0 Å². The van der Waals surface area contributed by atoms with Crippen molar-refractivity contribution in [3.05, 3.63) is 46.2 Å². The SMILES string of the molecule is CCn1nc(C)c(Cl)c1CSc1ccc(CN)cc1. The Hall–Kier alpha value is -0.970. The Labute approximate surface area is 123 Å². The highest BCUT2D eigenvalue weighted by Crippen LogP contribution is 2.28. The van der Waals surface area contributed by atoms with E-state index in [1.165, 1.54) is 4.90 Å². The zero-order chi connectivity index (χ0) is 13.8. The Morgan fingerprint density at radius 2 is 2.00 bits per heavy atom. The molecular weight excluding hydrogens is 278 g/mol. The average molecular weight is 296 g/mol. The highest BCUT2D eigenvalue weighted by atomic mass is 35.5. The molecule has 1 heterocycles. The minimum Gasteiger partial charge on any atom is -0.326 e. The molecule has 0 radical (unpaired) electrons. The summed E-state index contributed by atoms with van der Waals surface area (Å²) in [5.74, 6) is 0.829. The summed E-state index contributed by atoms with van der Waals surface area (Å²) in [7, 11) is 0. The lowest BCUT2D eigenvalue weighted by Gasteiger charge is -2.06. The van der Waals surface area contributed by atoms with Gasteiger partial charge in [0.25, 0.3) is 0 Å². The molecule has 0 aliphatic carbocycles. The summed E-state index contributed by atoms with van der Waals surface area (Å²) < 4.78 is 1.97. The molecular formula is C14H18ClN3S. The third-order valence-electron chi connectivity index (χ3n) is 2.99. The lowest BCUT2D eigenvalue weighted by Crippen LogP contribution is -2.01. The third kappa shape index (κ3) is 3.32. The van der Waals surface area contributed by atoms with Crippen molar-refractivity contribution in [2.24, 2.45) is 5.73 Å². The highest BCUT2D eigenvalue weighted by Gasteiger charge is 2.12. The number of halogens is 1. The fourth-order valence-corrected chi connectivity index (χ4v) is 3.09. The average Bonchev–Trinajstić information content (AvgIpc) is 2.72. The zero-order valence-corrected chi connectivity index (χ0v) is 12.8. The van der Waals surface area contributed by atoms with Gasteiger partial charge in [-0.15, -0.1) is 11.8 Å². The fourth-order valence-electron chi connectivity index (χ4n) is 1.88. The van der Waals surface area contributed by atoms with E-state index in [0.717, 1.165) is 34.3 Å². The summed E-state index contributed by atoms with van der Waals surface area (Å²) in [5, 5.41) is 5.21. The molecule has 19 heavy (non-hydrogen) atoms. The molecule has 2 aromatic rings. The van der Waals surface area contributed by atoms with Crippen LogP contribution in [0.2, 0.25) is 5.02 Å². The molecule has 0 bridgehead atoms. The number of thioether (sulfide) groups is 1. The van der Waals surface area contributed by atoms with E-state index in [-0.39, 0.29) is 0 Å². The Balaban J connectivity index is 2.09. The summed E-state index contributed by atoms with van der Waals surface area (Å²) in [4.78, 5) is 1.22. The summed E-state index contributed by atoms with van der Waals surface area (Å²) >= 11 is 8.06. The predicted octanol–water partition coefficient (Wildman–Crippen LogP) is 3.62. The number of aromatic nitrogens is 2. The minimum atomic E-state index is 0.582. The van der Waals surface area contributed by atoms with Crippen molar-refractivity contribution >= 4 is 23.4 Å². The molecule has 0 saturated heterocycles. The van der Waals surface area contributed by atoms with Crippen molar-refractivity contribution in [1.29, 1.82) is 0 Å². The van der Waals surface area contributed by atoms with E-state index in [0.29, 0.717) is 6.54 Å². The van der Waals surface area contributed by atoms with Gasteiger partial charge in [-0.2, -0.15) is 5.10 Å². The van der Waals surface area contributed by atoms with E-state index in [4.69, 9.17) is 17.3 Å². The second-order valence-electron chi connectivity index (χ2n) is 4.30. The van der Waals surface area contributed by atoms with Crippen LogP contribution >= 0.6 is 23.4 Å². The molecule has 0 saturated carbocycles. The molecule has 0 aliphatic heterocycles. The molecule has 102 valence electrons. The van der Waals surface area contributed by atoms with Crippen LogP contribution in [0.15, 0.2) is 29.2 Å². The highest BCUT2D eigenvalue weighted by molar-refractivity contribution is 7.98. The van der Waals surface area contributed by atoms with E-state index in [2.05, 4.69) is 36.3 Å². The largest absolute Gasteiger partial charge is 0.326 e. The Morgan fingerprint density at radius 3 is 2.58 bits per heavy atom. The van der Waals surface area contributed by atoms with Crippen molar-refractivity contribution in [3.8, 4) is 0 Å². The summed E-state index contributed by atoms with van der Waals surface area (Å²) in [6, 6.07) is 8.32. The molecule has 0 fully saturated rings. The van der Waals surface area contributed by atoms with Gasteiger partial charge in [-0.1, -0.05) is 23.7 Å². The maximum absolute atomic E-state index is 6.29. The van der Waals surface area contributed by atoms with Gasteiger partial charge < -0.3 is 5.73 Å². The van der Waals surface area contributed by atoms with Crippen molar-refractivity contribution in [3.63, 3.8) is 0 Å². The number of nitrogens with two attached hydrogens (primary N) is 1. The van der Waals surface area contributed by atoms with Crippen LogP contribution in [0.3, 0.4) is 0 Å². The van der Waals surface area contributed by atoms with Crippen LogP contribution in [0.4, 0.5) is 0 Å². The molecule has 0 unspecified atom stereocenters. The first-order chi connectivity index (χ1) is 9.15. The number of benzene rings is 1. The fraction of sp³-hybridized carbons (Fsp3) is 0.357. The minimum absolute atomic E-state index is 0.582. The van der Waals surface area contributed by atoms with Crippen molar-refractivity contribution in [1.82, 2.24) is 9.78 Å². The lowest BCUT2D eigenvalue weighted by atomic mass is 10.2. The van der Waals surface area contributed by atoms with Crippen LogP contribution in [-0.4, -0.2) is 9.78 Å². The number of hydrogen-bond acceptors (Lipinski definition) is 3. The number of hydrogen-bond donors (Lipinski definition) is 1. The van der Waals surface area contributed by atoms with Crippen LogP contribution < -0.4 is 5.73 Å². The van der Waals surface area contributed by atoms with Gasteiger partial charge in [0, 0.05) is 23.7 Å². The molecule has 0 atom stereocenters. The lowest BCUT2D eigenvalue weighted by molar-refractivity contribution is 0.632. The van der Waals surface area contributed by atoms with Crippen LogP contribution in [0.25, 0.3) is 0 Å². The van der Waals surface area contributed by atoms with Gasteiger partial charge in [-0.05, 0) is 31.5 Å². The second-order valence-corrected chi connectivity index (χ2v) is 5.73. The normalized spacial score (nSPS) is 10.9. The molecule has 0 aliphatic rings. The first-order valence-electron chi connectivity index (χ1n) is 6.29. The Morgan fingerprint density at radius 1 is 1.32 bits per heavy atom. The van der Waals surface area contributed by atoms with Crippen LogP contribution in [0.1, 0.15) is 23.9 Å². The number of aryl methyl sites for hydroxylation is 2. The van der Waals surface area contributed by atoms with Crippen LogP contribution in [0.5, 0.6) is 0 Å². The van der Waals surface area contributed by atoms with Crippen molar-refractivity contribution in [2.45, 2.75) is 37.6 Å². The first kappa shape index (κ1) is 14.4. The molecule has 1 aromatic heterocycles. The van der Waals surface area contributed by atoms with E-state index in [1.807, 2.05) is 11.6 Å². The quantitative estimate of drug-likeness (QED) is 0.857. The summed E-state index contributed by atoms with van der Waals surface area (Å²) in [6.45, 7) is 5.44. The second kappa shape index (κ2) is 6.46. The summed E-state index contributed by atoms with van der Waals surface area (Å²) in [6.07, 6.45) is 0. The zero-order valence-electron chi connectivity index (χ0n) is 11.2. The molecule has 2 N–H and O–H groups in total. The smallest absolute Gasteiger partial charge is 0.0855 e. The predicted molar refractivity (Wildman–Crippen MR) is 81.5 cm³/mol. The van der Waals surface area contributed by atoms with Crippen LogP contribution in [-0.2, 0) is 18.8 Å². The van der Waals surface area contributed by atoms with Gasteiger partial charge in [-0.25, -0.2) is 0 Å². The van der Waals surface area contributed by atoms with Crippen molar-refractivity contribution < 1.29 is 0 Å². The summed E-state index contributed by atoms with van der Waals surface area (Å²) in [5.41, 5.74) is 8.73. The van der Waals surface area contributed by atoms with Gasteiger partial charge in [0.1, 0.15) is 0 Å². The van der Waals surface area contributed by atoms with Gasteiger partial charge in [0.05, 0.1) is 16.4 Å². The number of nitrogens with zero attached hydrogens (tertiary/aromatic N) is 2. The van der Waals surface area contributed by atoms with Crippen LogP contribution in [0, 0.1) is 6.92 Å². The molecule has 5 heteroatoms.